The van der Waals surface area contributed by atoms with Crippen molar-refractivity contribution in [1.82, 2.24) is 10.5 Å². The van der Waals surface area contributed by atoms with E-state index in [0.29, 0.717) is 26.1 Å². The van der Waals surface area contributed by atoms with Crippen molar-refractivity contribution in [1.29, 1.82) is 0 Å². The van der Waals surface area contributed by atoms with E-state index in [1.165, 1.54) is 0 Å². The molecule has 1 aliphatic carbocycles. The van der Waals surface area contributed by atoms with Gasteiger partial charge in [0.15, 0.2) is 0 Å². The molecule has 3 rings (SSSR count). The minimum atomic E-state index is -2.45. The fraction of sp³-hybridized carbons (Fsp3) is 0.643. The third-order valence-electron chi connectivity index (χ3n) is 4.42. The van der Waals surface area contributed by atoms with E-state index >= 15 is 0 Å². The Bertz CT molecular complexity index is 495. The molecule has 4 nitrogen and oxygen atoms in total. The Hall–Kier alpha value is -1.27. The molecule has 110 valence electrons. The van der Waals surface area contributed by atoms with Crippen LogP contribution in [0.4, 0.5) is 14.6 Å². The molecule has 2 atom stereocenters. The smallest absolute Gasteiger partial charge is 0.258 e. The maximum absolute atomic E-state index is 13.2. The van der Waals surface area contributed by atoms with Crippen LogP contribution in [0.15, 0.2) is 12.1 Å². The van der Waals surface area contributed by atoms with Gasteiger partial charge in [-0.25, -0.2) is 19.2 Å². The molecule has 20 heavy (non-hydrogen) atoms. The van der Waals surface area contributed by atoms with Crippen LogP contribution in [0.2, 0.25) is 0 Å². The summed E-state index contributed by atoms with van der Waals surface area (Å²) in [6, 6.07) is 3.88. The van der Waals surface area contributed by atoms with Crippen LogP contribution >= 0.6 is 0 Å². The van der Waals surface area contributed by atoms with Crippen LogP contribution in [0.1, 0.15) is 18.2 Å². The second-order valence-electron chi connectivity index (χ2n) is 5.58. The molecular weight excluding hydrogens is 264 g/mol. The van der Waals surface area contributed by atoms with E-state index in [1.807, 2.05) is 24.0 Å². The Morgan fingerprint density at radius 1 is 1.40 bits per heavy atom. The molecule has 1 saturated carbocycles. The van der Waals surface area contributed by atoms with Gasteiger partial charge in [-0.15, -0.1) is 0 Å². The minimum Gasteiger partial charge on any atom is -0.356 e. The summed E-state index contributed by atoms with van der Waals surface area (Å²) in [6.45, 7) is 3.32. The molecule has 1 saturated heterocycles. The molecular formula is C14H19F2N3O. The molecule has 0 amide bonds. The molecule has 0 aromatic carbocycles. The first-order valence-electron chi connectivity index (χ1n) is 7.06. The van der Waals surface area contributed by atoms with Gasteiger partial charge in [-0.05, 0) is 24.5 Å². The number of nitrogens with one attached hydrogen (secondary N) is 1. The third kappa shape index (κ3) is 2.16. The fourth-order valence-electron chi connectivity index (χ4n) is 3.11. The van der Waals surface area contributed by atoms with Gasteiger partial charge in [-0.3, -0.25) is 0 Å². The topological polar surface area (TPSA) is 48.4 Å². The Kier molecular flexibility index (Phi) is 3.38. The van der Waals surface area contributed by atoms with Gasteiger partial charge in [0.1, 0.15) is 5.82 Å². The normalized spacial score (nSPS) is 26.7. The van der Waals surface area contributed by atoms with Crippen LogP contribution in [0, 0.1) is 11.8 Å². The molecule has 1 aromatic heterocycles. The van der Waals surface area contributed by atoms with Crippen molar-refractivity contribution < 1.29 is 14.0 Å². The highest BCUT2D eigenvalue weighted by atomic mass is 19.3. The van der Waals surface area contributed by atoms with Gasteiger partial charge >= 0.3 is 0 Å². The van der Waals surface area contributed by atoms with Crippen LogP contribution in [-0.4, -0.2) is 35.7 Å². The number of nitrogens with zero attached hydrogens (tertiary/aromatic N) is 2. The highest BCUT2D eigenvalue weighted by Gasteiger charge is 2.71. The monoisotopic (exact) mass is 283 g/mol. The average molecular weight is 283 g/mol. The first kappa shape index (κ1) is 13.7. The summed E-state index contributed by atoms with van der Waals surface area (Å²) in [5, 5.41) is 8.65. The number of piperidine rings is 1. The van der Waals surface area contributed by atoms with Gasteiger partial charge in [-0.1, -0.05) is 13.0 Å². The van der Waals surface area contributed by atoms with Crippen LogP contribution in [0.25, 0.3) is 0 Å². The molecule has 2 unspecified atom stereocenters. The number of pyridine rings is 1. The SMILES string of the molecule is CCc1nc(N2CC3C(C2)C3(F)F)ccc1CCNO. The van der Waals surface area contributed by atoms with Crippen molar-refractivity contribution in [3.63, 3.8) is 0 Å². The number of hydrogen-bond acceptors (Lipinski definition) is 4. The minimum absolute atomic E-state index is 0.408. The number of fused-ring (bicyclic) bond motifs is 1. The summed E-state index contributed by atoms with van der Waals surface area (Å²) in [7, 11) is 0. The largest absolute Gasteiger partial charge is 0.356 e. The summed E-state index contributed by atoms with van der Waals surface area (Å²) in [4.78, 5) is 6.56. The summed E-state index contributed by atoms with van der Waals surface area (Å²) in [5.74, 6) is -2.61. The van der Waals surface area contributed by atoms with E-state index in [9.17, 15) is 8.78 Å². The Morgan fingerprint density at radius 2 is 2.10 bits per heavy atom. The summed E-state index contributed by atoms with van der Waals surface area (Å²) in [5.41, 5.74) is 4.20. The van der Waals surface area contributed by atoms with Crippen molar-refractivity contribution >= 4 is 5.82 Å². The van der Waals surface area contributed by atoms with Gasteiger partial charge in [0.25, 0.3) is 5.92 Å². The summed E-state index contributed by atoms with van der Waals surface area (Å²) in [6.07, 6.45) is 1.50. The van der Waals surface area contributed by atoms with E-state index in [2.05, 4.69) is 10.5 Å². The predicted molar refractivity (Wildman–Crippen MR) is 71.2 cm³/mol. The van der Waals surface area contributed by atoms with E-state index in [4.69, 9.17) is 5.21 Å². The predicted octanol–water partition coefficient (Wildman–Crippen LogP) is 1.87. The van der Waals surface area contributed by atoms with Gasteiger partial charge in [-0.2, -0.15) is 0 Å². The zero-order valence-corrected chi connectivity index (χ0v) is 11.4. The Balaban J connectivity index is 1.72. The van der Waals surface area contributed by atoms with Crippen molar-refractivity contribution in [3.8, 4) is 0 Å². The van der Waals surface area contributed by atoms with Gasteiger partial charge in [0, 0.05) is 25.3 Å². The first-order chi connectivity index (χ1) is 9.57. The molecule has 1 aliphatic heterocycles. The Morgan fingerprint density at radius 3 is 2.70 bits per heavy atom. The van der Waals surface area contributed by atoms with Gasteiger partial charge in [0.05, 0.1) is 11.8 Å². The Labute approximate surface area is 116 Å². The van der Waals surface area contributed by atoms with Crippen molar-refractivity contribution in [2.75, 3.05) is 24.5 Å². The number of halogens is 2. The highest BCUT2D eigenvalue weighted by molar-refractivity contribution is 5.45. The van der Waals surface area contributed by atoms with Crippen molar-refractivity contribution in [2.45, 2.75) is 25.7 Å². The van der Waals surface area contributed by atoms with E-state index in [0.717, 1.165) is 23.5 Å². The van der Waals surface area contributed by atoms with E-state index in [1.54, 1.807) is 0 Å². The molecule has 2 aliphatic rings. The molecule has 0 spiro atoms. The number of rotatable bonds is 5. The van der Waals surface area contributed by atoms with E-state index in [-0.39, 0.29) is 0 Å². The molecule has 0 radical (unpaired) electrons. The lowest BCUT2D eigenvalue weighted by atomic mass is 10.1. The zero-order valence-electron chi connectivity index (χ0n) is 11.4. The zero-order chi connectivity index (χ0) is 14.3. The van der Waals surface area contributed by atoms with Crippen LogP contribution < -0.4 is 10.4 Å². The number of hydrogen-bond donors (Lipinski definition) is 2. The maximum Gasteiger partial charge on any atom is 0.258 e. The second-order valence-corrected chi connectivity index (χ2v) is 5.58. The molecule has 2 heterocycles. The second kappa shape index (κ2) is 4.93. The quantitative estimate of drug-likeness (QED) is 0.810. The number of alkyl halides is 2. The molecule has 2 N–H and O–H groups in total. The molecule has 1 aromatic rings. The standard InChI is InChI=1S/C14H19F2N3O/c1-2-12-9(5-6-17-20)3-4-13(18-12)19-7-10-11(8-19)14(10,15)16/h3-4,10-11,17,20H,2,5-8H2,1H3. The summed E-state index contributed by atoms with van der Waals surface area (Å²) >= 11 is 0. The lowest BCUT2D eigenvalue weighted by molar-refractivity contribution is 0.0797. The lowest BCUT2D eigenvalue weighted by Gasteiger charge is -2.22. The lowest BCUT2D eigenvalue weighted by Crippen LogP contribution is -2.28. The molecule has 0 bridgehead atoms. The van der Waals surface area contributed by atoms with Crippen LogP contribution in [0.5, 0.6) is 0 Å². The first-order valence-corrected chi connectivity index (χ1v) is 7.06. The fourth-order valence-corrected chi connectivity index (χ4v) is 3.11. The number of anilines is 1. The van der Waals surface area contributed by atoms with Gasteiger partial charge < -0.3 is 10.1 Å². The number of aromatic nitrogens is 1. The van der Waals surface area contributed by atoms with Gasteiger partial charge in [0.2, 0.25) is 0 Å². The average Bonchev–Trinajstić information content (AvgIpc) is 2.84. The van der Waals surface area contributed by atoms with Crippen molar-refractivity contribution in [2.24, 2.45) is 11.8 Å². The van der Waals surface area contributed by atoms with Crippen molar-refractivity contribution in [3.05, 3.63) is 23.4 Å². The number of hydroxylamine groups is 1. The third-order valence-corrected chi connectivity index (χ3v) is 4.42. The summed E-state index contributed by atoms with van der Waals surface area (Å²) < 4.78 is 26.4. The molecule has 6 heteroatoms. The van der Waals surface area contributed by atoms with E-state index < -0.39 is 17.8 Å². The maximum atomic E-state index is 13.2. The molecule has 2 fully saturated rings. The highest BCUT2D eigenvalue weighted by Crippen LogP contribution is 2.59. The van der Waals surface area contributed by atoms with Crippen LogP contribution in [-0.2, 0) is 12.8 Å². The number of aryl methyl sites for hydroxylation is 1. The van der Waals surface area contributed by atoms with Crippen LogP contribution in [0.3, 0.4) is 0 Å².